The first-order chi connectivity index (χ1) is 9.43. The topological polar surface area (TPSA) is 102 Å². The molecule has 0 fully saturated rings. The van der Waals surface area contributed by atoms with Gasteiger partial charge in [-0.1, -0.05) is 12.1 Å². The maximum Gasteiger partial charge on any atom is 0.328 e. The highest BCUT2D eigenvalue weighted by Gasteiger charge is 2.20. The molecule has 0 saturated carbocycles. The van der Waals surface area contributed by atoms with Crippen LogP contribution in [0.1, 0.15) is 19.4 Å². The molecule has 1 unspecified atom stereocenters. The monoisotopic (exact) mass is 280 g/mol. The fourth-order valence-electron chi connectivity index (χ4n) is 1.63. The zero-order chi connectivity index (χ0) is 15.1. The highest BCUT2D eigenvalue weighted by Crippen LogP contribution is 2.10. The van der Waals surface area contributed by atoms with E-state index in [2.05, 4.69) is 5.32 Å². The van der Waals surface area contributed by atoms with E-state index in [4.69, 9.17) is 15.6 Å². The number of carbonyl (C=O) groups excluding carboxylic acids is 2. The van der Waals surface area contributed by atoms with E-state index in [0.717, 1.165) is 5.56 Å². The SMILES string of the molecule is CCOC(=O)C(C)NC(=O)[C@H](N)Cc1ccc(O)cc1. The molecule has 20 heavy (non-hydrogen) atoms. The van der Waals surface area contributed by atoms with Gasteiger partial charge in [-0.3, -0.25) is 4.79 Å². The Bertz CT molecular complexity index is 459. The molecular formula is C14H20N2O4. The van der Waals surface area contributed by atoms with Gasteiger partial charge in [-0.15, -0.1) is 0 Å². The van der Waals surface area contributed by atoms with Gasteiger partial charge >= 0.3 is 5.97 Å². The highest BCUT2D eigenvalue weighted by atomic mass is 16.5. The second-order valence-corrected chi connectivity index (χ2v) is 4.46. The van der Waals surface area contributed by atoms with E-state index in [0.29, 0.717) is 6.42 Å². The number of phenolic OH excluding ortho intramolecular Hbond substituents is 1. The van der Waals surface area contributed by atoms with E-state index < -0.39 is 24.0 Å². The number of benzene rings is 1. The molecule has 6 heteroatoms. The molecule has 0 bridgehead atoms. The standard InChI is InChI=1S/C14H20N2O4/c1-3-20-14(19)9(2)16-13(18)12(15)8-10-4-6-11(17)7-5-10/h4-7,9,12,17H,3,8,15H2,1-2H3,(H,16,18)/t9?,12-/m1/s1. The van der Waals surface area contributed by atoms with Gasteiger partial charge in [-0.05, 0) is 38.0 Å². The van der Waals surface area contributed by atoms with Crippen molar-refractivity contribution in [3.8, 4) is 5.75 Å². The van der Waals surface area contributed by atoms with Crippen LogP contribution in [0.15, 0.2) is 24.3 Å². The molecule has 1 aromatic rings. The van der Waals surface area contributed by atoms with Gasteiger partial charge in [-0.2, -0.15) is 0 Å². The molecule has 0 spiro atoms. The van der Waals surface area contributed by atoms with Crippen LogP contribution >= 0.6 is 0 Å². The first-order valence-corrected chi connectivity index (χ1v) is 6.44. The second kappa shape index (κ2) is 7.49. The predicted molar refractivity (Wildman–Crippen MR) is 74.0 cm³/mol. The fraction of sp³-hybridized carbons (Fsp3) is 0.429. The number of carbonyl (C=O) groups is 2. The minimum Gasteiger partial charge on any atom is -0.508 e. The fourth-order valence-corrected chi connectivity index (χ4v) is 1.63. The van der Waals surface area contributed by atoms with Gasteiger partial charge in [0.25, 0.3) is 0 Å². The number of nitrogens with one attached hydrogen (secondary N) is 1. The lowest BCUT2D eigenvalue weighted by molar-refractivity contribution is -0.147. The van der Waals surface area contributed by atoms with Crippen molar-refractivity contribution in [1.82, 2.24) is 5.32 Å². The summed E-state index contributed by atoms with van der Waals surface area (Å²) >= 11 is 0. The van der Waals surface area contributed by atoms with Crippen molar-refractivity contribution >= 4 is 11.9 Å². The number of hydrogen-bond acceptors (Lipinski definition) is 5. The summed E-state index contributed by atoms with van der Waals surface area (Å²) in [5.41, 5.74) is 6.61. The molecule has 110 valence electrons. The molecule has 1 amide bonds. The number of esters is 1. The summed E-state index contributed by atoms with van der Waals surface area (Å²) in [5.74, 6) is -0.751. The molecule has 0 heterocycles. The van der Waals surface area contributed by atoms with Gasteiger partial charge in [0.1, 0.15) is 11.8 Å². The van der Waals surface area contributed by atoms with Crippen molar-refractivity contribution in [2.45, 2.75) is 32.4 Å². The van der Waals surface area contributed by atoms with Crippen LogP contribution in [0.4, 0.5) is 0 Å². The van der Waals surface area contributed by atoms with Crippen LogP contribution in [-0.2, 0) is 20.7 Å². The molecule has 1 aromatic carbocycles. The van der Waals surface area contributed by atoms with E-state index in [1.54, 1.807) is 26.0 Å². The first-order valence-electron chi connectivity index (χ1n) is 6.44. The van der Waals surface area contributed by atoms with E-state index in [-0.39, 0.29) is 12.4 Å². The Kier molecular flexibility index (Phi) is 5.99. The summed E-state index contributed by atoms with van der Waals surface area (Å²) in [4.78, 5) is 23.2. The zero-order valence-corrected chi connectivity index (χ0v) is 11.6. The number of nitrogens with two attached hydrogens (primary N) is 1. The Labute approximate surface area is 117 Å². The number of aromatic hydroxyl groups is 1. The van der Waals surface area contributed by atoms with Crippen LogP contribution < -0.4 is 11.1 Å². The quantitative estimate of drug-likeness (QED) is 0.652. The first kappa shape index (κ1) is 16.0. The normalized spacial score (nSPS) is 13.3. The number of ether oxygens (including phenoxy) is 1. The van der Waals surface area contributed by atoms with E-state index in [9.17, 15) is 9.59 Å². The molecule has 2 atom stereocenters. The molecule has 6 nitrogen and oxygen atoms in total. The summed E-state index contributed by atoms with van der Waals surface area (Å²) in [6.07, 6.45) is 0.321. The largest absolute Gasteiger partial charge is 0.508 e. The Morgan fingerprint density at radius 1 is 1.35 bits per heavy atom. The van der Waals surface area contributed by atoms with Crippen molar-refractivity contribution in [2.75, 3.05) is 6.61 Å². The smallest absolute Gasteiger partial charge is 0.328 e. The van der Waals surface area contributed by atoms with Crippen molar-refractivity contribution in [2.24, 2.45) is 5.73 Å². The molecule has 0 radical (unpaired) electrons. The predicted octanol–water partition coefficient (Wildman–Crippen LogP) is 0.330. The lowest BCUT2D eigenvalue weighted by Gasteiger charge is -2.16. The van der Waals surface area contributed by atoms with Crippen LogP contribution in [0.25, 0.3) is 0 Å². The van der Waals surface area contributed by atoms with E-state index >= 15 is 0 Å². The van der Waals surface area contributed by atoms with Crippen molar-refractivity contribution in [3.63, 3.8) is 0 Å². The summed E-state index contributed by atoms with van der Waals surface area (Å²) in [6.45, 7) is 3.50. The van der Waals surface area contributed by atoms with Crippen LogP contribution in [0.3, 0.4) is 0 Å². The number of rotatable bonds is 6. The third-order valence-electron chi connectivity index (χ3n) is 2.73. The van der Waals surface area contributed by atoms with Crippen LogP contribution in [0.5, 0.6) is 5.75 Å². The van der Waals surface area contributed by atoms with Gasteiger partial charge in [0.2, 0.25) is 5.91 Å². The van der Waals surface area contributed by atoms with Crippen LogP contribution in [0, 0.1) is 0 Å². The second-order valence-electron chi connectivity index (χ2n) is 4.46. The van der Waals surface area contributed by atoms with Gasteiger partial charge in [0.05, 0.1) is 12.6 Å². The third-order valence-corrected chi connectivity index (χ3v) is 2.73. The van der Waals surface area contributed by atoms with Gasteiger partial charge in [0.15, 0.2) is 0 Å². The average molecular weight is 280 g/mol. The van der Waals surface area contributed by atoms with E-state index in [1.165, 1.54) is 12.1 Å². The highest BCUT2D eigenvalue weighted by molar-refractivity contribution is 5.87. The summed E-state index contributed by atoms with van der Waals surface area (Å²) in [7, 11) is 0. The molecule has 0 saturated heterocycles. The molecule has 0 aromatic heterocycles. The minimum absolute atomic E-state index is 0.155. The maximum absolute atomic E-state index is 11.8. The Balaban J connectivity index is 2.50. The maximum atomic E-state index is 11.8. The average Bonchev–Trinajstić information content (AvgIpc) is 2.41. The number of amides is 1. The minimum atomic E-state index is -0.767. The molecule has 1 rings (SSSR count). The molecule has 4 N–H and O–H groups in total. The van der Waals surface area contributed by atoms with Gasteiger partial charge in [-0.25, -0.2) is 4.79 Å². The van der Waals surface area contributed by atoms with Gasteiger partial charge < -0.3 is 20.9 Å². The zero-order valence-electron chi connectivity index (χ0n) is 11.6. The van der Waals surface area contributed by atoms with E-state index in [1.807, 2.05) is 0 Å². The molecular weight excluding hydrogens is 260 g/mol. The Morgan fingerprint density at radius 3 is 2.50 bits per heavy atom. The van der Waals surface area contributed by atoms with Crippen molar-refractivity contribution in [1.29, 1.82) is 0 Å². The van der Waals surface area contributed by atoms with Crippen LogP contribution in [-0.4, -0.2) is 35.7 Å². The lowest BCUT2D eigenvalue weighted by Crippen LogP contribution is -2.48. The lowest BCUT2D eigenvalue weighted by atomic mass is 10.1. The molecule has 0 aliphatic rings. The summed E-state index contributed by atoms with van der Waals surface area (Å²) < 4.78 is 4.79. The van der Waals surface area contributed by atoms with Crippen molar-refractivity contribution < 1.29 is 19.4 Å². The Morgan fingerprint density at radius 2 is 1.95 bits per heavy atom. The van der Waals surface area contributed by atoms with Crippen LogP contribution in [0.2, 0.25) is 0 Å². The Hall–Kier alpha value is -2.08. The van der Waals surface area contributed by atoms with Crippen molar-refractivity contribution in [3.05, 3.63) is 29.8 Å². The third kappa shape index (κ3) is 4.89. The van der Waals surface area contributed by atoms with Gasteiger partial charge in [0, 0.05) is 0 Å². The molecule has 0 aliphatic carbocycles. The molecule has 0 aliphatic heterocycles. The number of phenols is 1. The number of hydrogen-bond donors (Lipinski definition) is 3. The summed E-state index contributed by atoms with van der Waals surface area (Å²) in [5, 5.41) is 11.7. The summed E-state index contributed by atoms with van der Waals surface area (Å²) in [6, 6.07) is 4.95.